The monoisotopic (exact) mass is 412 g/mol. The second-order valence-corrected chi connectivity index (χ2v) is 7.86. The van der Waals surface area contributed by atoms with Crippen LogP contribution in [0.1, 0.15) is 31.9 Å². The lowest BCUT2D eigenvalue weighted by Crippen LogP contribution is -2.29. The fourth-order valence-corrected chi connectivity index (χ4v) is 2.71. The van der Waals surface area contributed by atoms with Crippen molar-refractivity contribution in [2.45, 2.75) is 32.1 Å². The molecule has 3 nitrogen and oxygen atoms in total. The zero-order valence-corrected chi connectivity index (χ0v) is 17.2. The fraction of sp³-hybridized carbons (Fsp3) is 0.455. The van der Waals surface area contributed by atoms with Crippen molar-refractivity contribution in [2.75, 3.05) is 25.7 Å². The molecule has 1 N–H and O–H groups in total. The first-order valence-corrected chi connectivity index (χ1v) is 9.73. The molecule has 0 aliphatic heterocycles. The van der Waals surface area contributed by atoms with E-state index in [1.165, 1.54) is 0 Å². The van der Waals surface area contributed by atoms with E-state index in [-0.39, 0.29) is 11.3 Å². The summed E-state index contributed by atoms with van der Waals surface area (Å²) in [4.78, 5) is 0. The Morgan fingerprint density at radius 2 is 1.39 bits per heavy atom. The van der Waals surface area contributed by atoms with Crippen LogP contribution in [-0.2, 0) is 5.41 Å². The molecule has 0 aliphatic carbocycles. The summed E-state index contributed by atoms with van der Waals surface area (Å²) in [6.45, 7) is 4.70. The number of alkyl halides is 3. The van der Waals surface area contributed by atoms with E-state index in [1.54, 1.807) is 12.1 Å². The topological polar surface area (TPSA) is 38.7 Å². The standard InChI is InChI=1S/C22H27ClF2O3/c1-16(12-23)13-27-19-8-4-17(5-9-19)21(2,3)18-6-10-20(11-7-18)28-15-22(24,25)14-26/h4-11,16,26H,12-15H2,1-3H3. The maximum absolute atomic E-state index is 13.1. The lowest BCUT2D eigenvalue weighted by Gasteiger charge is -2.26. The van der Waals surface area contributed by atoms with Gasteiger partial charge in [-0.25, -0.2) is 8.78 Å². The van der Waals surface area contributed by atoms with E-state index < -0.39 is 19.1 Å². The van der Waals surface area contributed by atoms with Crippen LogP contribution in [0.2, 0.25) is 0 Å². The molecule has 0 heterocycles. The molecule has 0 spiro atoms. The highest BCUT2D eigenvalue weighted by Crippen LogP contribution is 2.33. The van der Waals surface area contributed by atoms with Crippen molar-refractivity contribution in [2.24, 2.45) is 5.92 Å². The zero-order chi connectivity index (χ0) is 20.8. The number of hydrogen-bond donors (Lipinski definition) is 1. The van der Waals surface area contributed by atoms with Crippen LogP contribution >= 0.6 is 11.6 Å². The van der Waals surface area contributed by atoms with E-state index in [2.05, 4.69) is 13.8 Å². The fourth-order valence-electron chi connectivity index (χ4n) is 2.62. The number of aliphatic hydroxyl groups excluding tert-OH is 1. The lowest BCUT2D eigenvalue weighted by molar-refractivity contribution is -0.0801. The molecular weight excluding hydrogens is 386 g/mol. The summed E-state index contributed by atoms with van der Waals surface area (Å²) in [7, 11) is 0. The van der Waals surface area contributed by atoms with E-state index in [1.807, 2.05) is 43.3 Å². The second kappa shape index (κ2) is 9.57. The first kappa shape index (κ1) is 22.4. The van der Waals surface area contributed by atoms with Gasteiger partial charge in [-0.15, -0.1) is 11.6 Å². The summed E-state index contributed by atoms with van der Waals surface area (Å²) in [5, 5.41) is 8.60. The first-order valence-electron chi connectivity index (χ1n) is 9.19. The van der Waals surface area contributed by atoms with Crippen LogP contribution in [0, 0.1) is 5.92 Å². The molecular formula is C22H27ClF2O3. The molecule has 0 aliphatic rings. The third-order valence-corrected chi connectivity index (χ3v) is 5.16. The Balaban J connectivity index is 2.05. The maximum atomic E-state index is 13.1. The van der Waals surface area contributed by atoms with Crippen molar-refractivity contribution < 1.29 is 23.4 Å². The van der Waals surface area contributed by atoms with Crippen LogP contribution in [0.15, 0.2) is 48.5 Å². The number of ether oxygens (including phenoxy) is 2. The van der Waals surface area contributed by atoms with Crippen LogP contribution in [-0.4, -0.2) is 36.7 Å². The van der Waals surface area contributed by atoms with Crippen LogP contribution in [0.3, 0.4) is 0 Å². The summed E-state index contributed by atoms with van der Waals surface area (Å²) >= 11 is 5.79. The Labute approximate surface area is 170 Å². The summed E-state index contributed by atoms with van der Waals surface area (Å²) in [6.07, 6.45) is 0. The highest BCUT2D eigenvalue weighted by atomic mass is 35.5. The first-order chi connectivity index (χ1) is 13.2. The Morgan fingerprint density at radius 1 is 0.929 bits per heavy atom. The van der Waals surface area contributed by atoms with Crippen LogP contribution in [0.25, 0.3) is 0 Å². The van der Waals surface area contributed by atoms with Crippen molar-refractivity contribution >= 4 is 11.6 Å². The average Bonchev–Trinajstić information content (AvgIpc) is 2.71. The summed E-state index contributed by atoms with van der Waals surface area (Å²) in [5.74, 6) is -1.27. The zero-order valence-electron chi connectivity index (χ0n) is 16.4. The van der Waals surface area contributed by atoms with Gasteiger partial charge in [-0.1, -0.05) is 45.0 Å². The van der Waals surface area contributed by atoms with Crippen molar-refractivity contribution in [1.82, 2.24) is 0 Å². The Morgan fingerprint density at radius 3 is 1.82 bits per heavy atom. The average molecular weight is 413 g/mol. The Kier molecular flexibility index (Phi) is 7.67. The van der Waals surface area contributed by atoms with E-state index in [0.717, 1.165) is 16.9 Å². The summed E-state index contributed by atoms with van der Waals surface area (Å²) in [5.41, 5.74) is 1.85. The van der Waals surface area contributed by atoms with Crippen molar-refractivity contribution in [3.05, 3.63) is 59.7 Å². The van der Waals surface area contributed by atoms with Crippen molar-refractivity contribution in [3.63, 3.8) is 0 Å². The third-order valence-electron chi connectivity index (χ3n) is 4.63. The number of benzene rings is 2. The molecule has 0 radical (unpaired) electrons. The smallest absolute Gasteiger partial charge is 0.303 e. The second-order valence-electron chi connectivity index (χ2n) is 7.55. The molecule has 0 saturated heterocycles. The van der Waals surface area contributed by atoms with Gasteiger partial charge in [-0.3, -0.25) is 0 Å². The van der Waals surface area contributed by atoms with Crippen LogP contribution in [0.4, 0.5) is 8.78 Å². The molecule has 1 atom stereocenters. The molecule has 6 heteroatoms. The third kappa shape index (κ3) is 6.08. The molecule has 0 saturated carbocycles. The van der Waals surface area contributed by atoms with Crippen molar-refractivity contribution in [1.29, 1.82) is 0 Å². The predicted octanol–water partition coefficient (Wildman–Crippen LogP) is 5.27. The quantitative estimate of drug-likeness (QED) is 0.540. The SMILES string of the molecule is CC(CCl)COc1ccc(C(C)(C)c2ccc(OCC(F)(F)CO)cc2)cc1. The van der Waals surface area contributed by atoms with E-state index in [4.69, 9.17) is 26.2 Å². The van der Waals surface area contributed by atoms with E-state index >= 15 is 0 Å². The van der Waals surface area contributed by atoms with Gasteiger partial charge in [0.25, 0.3) is 0 Å². The van der Waals surface area contributed by atoms with Gasteiger partial charge in [-0.2, -0.15) is 0 Å². The molecule has 0 bridgehead atoms. The van der Waals surface area contributed by atoms with Crippen molar-refractivity contribution in [3.8, 4) is 11.5 Å². The molecule has 0 amide bonds. The number of rotatable bonds is 10. The molecule has 2 aromatic carbocycles. The van der Waals surface area contributed by atoms with Crippen LogP contribution < -0.4 is 9.47 Å². The molecule has 28 heavy (non-hydrogen) atoms. The molecule has 0 aromatic heterocycles. The highest BCUT2D eigenvalue weighted by molar-refractivity contribution is 6.18. The minimum atomic E-state index is -3.25. The van der Waals surface area contributed by atoms with Gasteiger partial charge < -0.3 is 14.6 Å². The van der Waals surface area contributed by atoms with Crippen LogP contribution in [0.5, 0.6) is 11.5 Å². The van der Waals surface area contributed by atoms with Gasteiger partial charge in [0, 0.05) is 17.2 Å². The van der Waals surface area contributed by atoms with E-state index in [0.29, 0.717) is 18.2 Å². The maximum Gasteiger partial charge on any atom is 0.303 e. The number of aliphatic hydroxyl groups is 1. The van der Waals surface area contributed by atoms with E-state index in [9.17, 15) is 8.78 Å². The minimum absolute atomic E-state index is 0.282. The molecule has 2 rings (SSSR count). The normalized spacial score (nSPS) is 13.2. The summed E-state index contributed by atoms with van der Waals surface area (Å²) in [6, 6.07) is 15.0. The number of hydrogen-bond acceptors (Lipinski definition) is 3. The molecule has 154 valence electrons. The summed E-state index contributed by atoms with van der Waals surface area (Å²) < 4.78 is 37.0. The molecule has 2 aromatic rings. The van der Waals surface area contributed by atoms with Gasteiger partial charge in [0.1, 0.15) is 18.1 Å². The Hall–Kier alpha value is -1.85. The predicted molar refractivity (Wildman–Crippen MR) is 108 cm³/mol. The van der Waals surface area contributed by atoms with Gasteiger partial charge in [0.05, 0.1) is 6.61 Å². The van der Waals surface area contributed by atoms with Gasteiger partial charge in [0.2, 0.25) is 0 Å². The number of halogens is 3. The van der Waals surface area contributed by atoms with Gasteiger partial charge in [0.15, 0.2) is 6.61 Å². The largest absolute Gasteiger partial charge is 0.493 e. The molecule has 0 fully saturated rings. The lowest BCUT2D eigenvalue weighted by atomic mass is 9.78. The van der Waals surface area contributed by atoms with Gasteiger partial charge >= 0.3 is 5.92 Å². The minimum Gasteiger partial charge on any atom is -0.493 e. The molecule has 1 unspecified atom stereocenters. The van der Waals surface area contributed by atoms with Gasteiger partial charge in [-0.05, 0) is 35.4 Å². The Bertz CT molecular complexity index is 730. The highest BCUT2D eigenvalue weighted by Gasteiger charge is 2.29.